The molecular formula is C24H30O2S. The van der Waals surface area contributed by atoms with Crippen LogP contribution in [0.4, 0.5) is 0 Å². The maximum absolute atomic E-state index is 11.9. The van der Waals surface area contributed by atoms with Crippen molar-refractivity contribution in [2.75, 3.05) is 5.75 Å². The molecule has 0 aliphatic carbocycles. The topological polar surface area (TPSA) is 34.1 Å². The molecule has 0 fully saturated rings. The molecule has 0 atom stereocenters. The predicted molar refractivity (Wildman–Crippen MR) is 114 cm³/mol. The first-order chi connectivity index (χ1) is 12.3. The van der Waals surface area contributed by atoms with Gasteiger partial charge in [0.05, 0.1) is 10.6 Å². The van der Waals surface area contributed by atoms with Gasteiger partial charge in [-0.25, -0.2) is 8.42 Å². The number of hydrogen-bond donors (Lipinski definition) is 0. The highest BCUT2D eigenvalue weighted by Gasteiger charge is 2.20. The second-order valence-corrected chi connectivity index (χ2v) is 11.3. The molecule has 144 valence electrons. The van der Waals surface area contributed by atoms with Crippen LogP contribution in [0, 0.1) is 11.8 Å². The summed E-state index contributed by atoms with van der Waals surface area (Å²) in [7, 11) is -3.17. The molecule has 2 rings (SSSR count). The summed E-state index contributed by atoms with van der Waals surface area (Å²) in [4.78, 5) is 0.347. The molecule has 2 nitrogen and oxygen atoms in total. The van der Waals surface area contributed by atoms with Crippen LogP contribution >= 0.6 is 0 Å². The Morgan fingerprint density at radius 3 is 1.59 bits per heavy atom. The highest BCUT2D eigenvalue weighted by atomic mass is 32.2. The Balaban J connectivity index is 2.44. The molecule has 0 aliphatic heterocycles. The number of benzene rings is 2. The van der Waals surface area contributed by atoms with Crippen LogP contribution in [-0.4, -0.2) is 14.2 Å². The molecule has 0 heterocycles. The summed E-state index contributed by atoms with van der Waals surface area (Å²) in [6, 6.07) is 13.4. The average Bonchev–Trinajstić information content (AvgIpc) is 2.58. The summed E-state index contributed by atoms with van der Waals surface area (Å²) < 4.78 is 23.8. The minimum Gasteiger partial charge on any atom is -0.224 e. The van der Waals surface area contributed by atoms with Gasteiger partial charge in [-0.1, -0.05) is 66.4 Å². The lowest BCUT2D eigenvalue weighted by Gasteiger charge is -2.25. The Bertz CT molecular complexity index is 940. The fourth-order valence-electron chi connectivity index (χ4n) is 2.62. The number of sulfone groups is 1. The van der Waals surface area contributed by atoms with Gasteiger partial charge in [0.15, 0.2) is 9.84 Å². The normalized spacial score (nSPS) is 12.4. The van der Waals surface area contributed by atoms with Crippen molar-refractivity contribution in [2.24, 2.45) is 0 Å². The summed E-state index contributed by atoms with van der Waals surface area (Å²) in [5.74, 6) is 6.53. The van der Waals surface area contributed by atoms with E-state index in [-0.39, 0.29) is 16.6 Å². The predicted octanol–water partition coefficient (Wildman–Crippen LogP) is 5.48. The van der Waals surface area contributed by atoms with Gasteiger partial charge in [0, 0.05) is 11.1 Å². The van der Waals surface area contributed by atoms with Crippen LogP contribution in [0.1, 0.15) is 70.7 Å². The first-order valence-corrected chi connectivity index (χ1v) is 11.0. The van der Waals surface area contributed by atoms with Gasteiger partial charge in [0.1, 0.15) is 0 Å². The van der Waals surface area contributed by atoms with E-state index in [1.54, 1.807) is 31.2 Å². The molecule has 0 saturated carbocycles. The first kappa shape index (κ1) is 21.3. The molecule has 0 amide bonds. The Labute approximate surface area is 164 Å². The average molecular weight is 383 g/mol. The van der Waals surface area contributed by atoms with E-state index in [0.29, 0.717) is 4.90 Å². The molecule has 0 unspecified atom stereocenters. The molecule has 27 heavy (non-hydrogen) atoms. The molecule has 0 bridgehead atoms. The molecule has 0 aromatic heterocycles. The fraction of sp³-hybridized carbons (Fsp3) is 0.417. The second kappa shape index (κ2) is 7.52. The van der Waals surface area contributed by atoms with E-state index in [1.807, 2.05) is 0 Å². The summed E-state index contributed by atoms with van der Waals surface area (Å²) in [6.45, 7) is 14.9. The Morgan fingerprint density at radius 1 is 0.741 bits per heavy atom. The minimum absolute atomic E-state index is 0.0495. The van der Waals surface area contributed by atoms with Crippen molar-refractivity contribution >= 4 is 9.84 Å². The van der Waals surface area contributed by atoms with Crippen LogP contribution < -0.4 is 0 Å². The van der Waals surface area contributed by atoms with Gasteiger partial charge in [-0.15, -0.1) is 0 Å². The van der Waals surface area contributed by atoms with E-state index in [9.17, 15) is 8.42 Å². The quantitative estimate of drug-likeness (QED) is 0.645. The monoisotopic (exact) mass is 382 g/mol. The zero-order chi connectivity index (χ0) is 20.5. The highest BCUT2D eigenvalue weighted by Crippen LogP contribution is 2.30. The fourth-order valence-corrected chi connectivity index (χ4v) is 3.51. The van der Waals surface area contributed by atoms with Gasteiger partial charge >= 0.3 is 0 Å². The zero-order valence-electron chi connectivity index (χ0n) is 17.5. The Kier molecular flexibility index (Phi) is 5.92. The maximum Gasteiger partial charge on any atom is 0.178 e. The van der Waals surface area contributed by atoms with Crippen molar-refractivity contribution in [1.29, 1.82) is 0 Å². The third-order valence-electron chi connectivity index (χ3n) is 4.61. The summed E-state index contributed by atoms with van der Waals surface area (Å²) in [6.07, 6.45) is 0. The summed E-state index contributed by atoms with van der Waals surface area (Å²) >= 11 is 0. The standard InChI is InChI=1S/C24H30O2S/c1-8-27(25,26)22-13-11-18(12-14-22)9-10-19-15-20(23(2,3)4)17-21(16-19)24(5,6)7/h11-17H,8H2,1-7H3. The molecular weight excluding hydrogens is 352 g/mol. The summed E-state index contributed by atoms with van der Waals surface area (Å²) in [5, 5.41) is 0. The van der Waals surface area contributed by atoms with E-state index in [4.69, 9.17) is 0 Å². The Morgan fingerprint density at radius 2 is 1.19 bits per heavy atom. The van der Waals surface area contributed by atoms with E-state index in [1.165, 1.54) is 11.1 Å². The van der Waals surface area contributed by atoms with Crippen LogP contribution in [0.25, 0.3) is 0 Å². The summed E-state index contributed by atoms with van der Waals surface area (Å²) in [5.41, 5.74) is 4.43. The second-order valence-electron chi connectivity index (χ2n) is 8.98. The molecule has 0 N–H and O–H groups in total. The lowest BCUT2D eigenvalue weighted by Crippen LogP contribution is -2.16. The smallest absolute Gasteiger partial charge is 0.178 e. The van der Waals surface area contributed by atoms with Crippen LogP contribution in [0.5, 0.6) is 0 Å². The van der Waals surface area contributed by atoms with Crippen molar-refractivity contribution in [2.45, 2.75) is 64.2 Å². The lowest BCUT2D eigenvalue weighted by atomic mass is 9.79. The lowest BCUT2D eigenvalue weighted by molar-refractivity contribution is 0.568. The molecule has 0 radical (unpaired) electrons. The largest absolute Gasteiger partial charge is 0.224 e. The van der Waals surface area contributed by atoms with Crippen LogP contribution in [0.2, 0.25) is 0 Å². The molecule has 0 spiro atoms. The highest BCUT2D eigenvalue weighted by molar-refractivity contribution is 7.91. The van der Waals surface area contributed by atoms with Gasteiger partial charge in [-0.05, 0) is 58.4 Å². The van der Waals surface area contributed by atoms with E-state index < -0.39 is 9.84 Å². The van der Waals surface area contributed by atoms with Crippen LogP contribution in [0.15, 0.2) is 47.4 Å². The van der Waals surface area contributed by atoms with E-state index >= 15 is 0 Å². The van der Waals surface area contributed by atoms with Gasteiger partial charge < -0.3 is 0 Å². The van der Waals surface area contributed by atoms with Gasteiger partial charge in [0.25, 0.3) is 0 Å². The van der Waals surface area contributed by atoms with Crippen molar-refractivity contribution in [1.82, 2.24) is 0 Å². The van der Waals surface area contributed by atoms with Crippen molar-refractivity contribution < 1.29 is 8.42 Å². The molecule has 2 aromatic carbocycles. The third-order valence-corrected chi connectivity index (χ3v) is 6.36. The van der Waals surface area contributed by atoms with E-state index in [0.717, 1.165) is 11.1 Å². The van der Waals surface area contributed by atoms with E-state index in [2.05, 4.69) is 71.6 Å². The van der Waals surface area contributed by atoms with Crippen LogP contribution in [-0.2, 0) is 20.7 Å². The first-order valence-electron chi connectivity index (χ1n) is 9.34. The van der Waals surface area contributed by atoms with Gasteiger partial charge in [-0.2, -0.15) is 0 Å². The van der Waals surface area contributed by atoms with Crippen molar-refractivity contribution in [3.8, 4) is 11.8 Å². The molecule has 0 saturated heterocycles. The molecule has 3 heteroatoms. The van der Waals surface area contributed by atoms with Crippen LogP contribution in [0.3, 0.4) is 0 Å². The number of rotatable bonds is 2. The number of hydrogen-bond acceptors (Lipinski definition) is 2. The van der Waals surface area contributed by atoms with Gasteiger partial charge in [0.2, 0.25) is 0 Å². The SMILES string of the molecule is CCS(=O)(=O)c1ccc(C#Cc2cc(C(C)(C)C)cc(C(C)(C)C)c2)cc1. The third kappa shape index (κ3) is 5.47. The minimum atomic E-state index is -3.17. The van der Waals surface area contributed by atoms with Crippen molar-refractivity contribution in [3.63, 3.8) is 0 Å². The molecule has 0 aliphatic rings. The molecule has 2 aromatic rings. The Hall–Kier alpha value is -2.05. The van der Waals surface area contributed by atoms with Gasteiger partial charge in [-0.3, -0.25) is 0 Å². The van der Waals surface area contributed by atoms with Crippen molar-refractivity contribution in [3.05, 3.63) is 64.7 Å². The maximum atomic E-state index is 11.9. The zero-order valence-corrected chi connectivity index (χ0v) is 18.3.